The molecule has 0 fully saturated rings. The summed E-state index contributed by atoms with van der Waals surface area (Å²) in [4.78, 5) is 11.1. The summed E-state index contributed by atoms with van der Waals surface area (Å²) in [6, 6.07) is 4.44. The Balaban J connectivity index is 2.61. The van der Waals surface area contributed by atoms with Crippen molar-refractivity contribution in [2.45, 2.75) is 0 Å². The topological polar surface area (TPSA) is 117 Å². The number of primary amides is 1. The number of aromatic hydroxyl groups is 1. The molecule has 8 nitrogen and oxygen atoms in total. The van der Waals surface area contributed by atoms with Gasteiger partial charge in [0.25, 0.3) is 0 Å². The molecule has 1 aromatic heterocycles. The van der Waals surface area contributed by atoms with Gasteiger partial charge in [0, 0.05) is 26.7 Å². The largest absolute Gasteiger partial charge is 0.506 e. The Bertz CT molecular complexity index is 680. The van der Waals surface area contributed by atoms with Gasteiger partial charge in [0.15, 0.2) is 11.6 Å². The van der Waals surface area contributed by atoms with Gasteiger partial charge in [0.05, 0.1) is 0 Å². The molecule has 0 atom stereocenters. The summed E-state index contributed by atoms with van der Waals surface area (Å²) < 4.78 is 1.54. The highest BCUT2D eigenvalue weighted by Crippen LogP contribution is 2.34. The minimum absolute atomic E-state index is 0.0874. The van der Waals surface area contributed by atoms with Crippen LogP contribution in [0.4, 0.5) is 17.3 Å². The van der Waals surface area contributed by atoms with Crippen LogP contribution in [0, 0.1) is 0 Å². The highest BCUT2D eigenvalue weighted by Gasteiger charge is 2.18. The van der Waals surface area contributed by atoms with Crippen molar-refractivity contribution in [3.63, 3.8) is 0 Å². The standard InChI is InChI=1S/C13H18N6O2/c1-15-10-12(16-2)18-19(13(10)17-3)8-5-4-7(11(14)21)6-9(8)20/h4-6,15,17,20H,1-3H3,(H2,14,21)(H,16,18). The second kappa shape index (κ2) is 5.61. The molecule has 0 unspecified atom stereocenters. The fourth-order valence-electron chi connectivity index (χ4n) is 2.09. The summed E-state index contributed by atoms with van der Waals surface area (Å²) in [6.07, 6.45) is 0. The zero-order valence-electron chi connectivity index (χ0n) is 12.1. The number of carbonyl (C=O) groups is 1. The number of phenolic OH excluding ortho intramolecular Hbond substituents is 1. The SMILES string of the molecule is CNc1nn(-c2ccc(C(N)=O)cc2O)c(NC)c1NC. The summed E-state index contributed by atoms with van der Waals surface area (Å²) in [5.74, 6) is 0.609. The number of rotatable bonds is 5. The molecule has 0 aliphatic carbocycles. The predicted octanol–water partition coefficient (Wildman–Crippen LogP) is 0.802. The van der Waals surface area contributed by atoms with E-state index in [-0.39, 0.29) is 11.3 Å². The predicted molar refractivity (Wildman–Crippen MR) is 82.4 cm³/mol. The number of nitrogens with zero attached hydrogens (tertiary/aromatic N) is 2. The van der Waals surface area contributed by atoms with E-state index < -0.39 is 5.91 Å². The number of hydrogen-bond acceptors (Lipinski definition) is 6. The summed E-state index contributed by atoms with van der Waals surface area (Å²) in [5.41, 5.74) is 6.62. The first-order valence-corrected chi connectivity index (χ1v) is 6.33. The fourth-order valence-corrected chi connectivity index (χ4v) is 2.09. The Morgan fingerprint density at radius 2 is 1.95 bits per heavy atom. The Morgan fingerprint density at radius 1 is 1.24 bits per heavy atom. The molecule has 112 valence electrons. The number of aromatic nitrogens is 2. The zero-order chi connectivity index (χ0) is 15.6. The van der Waals surface area contributed by atoms with E-state index in [2.05, 4.69) is 21.0 Å². The highest BCUT2D eigenvalue weighted by molar-refractivity contribution is 5.93. The van der Waals surface area contributed by atoms with Crippen molar-refractivity contribution in [3.05, 3.63) is 23.8 Å². The summed E-state index contributed by atoms with van der Waals surface area (Å²) in [7, 11) is 5.28. The lowest BCUT2D eigenvalue weighted by molar-refractivity contribution is 0.1000. The molecule has 0 saturated carbocycles. The monoisotopic (exact) mass is 290 g/mol. The van der Waals surface area contributed by atoms with Crippen LogP contribution < -0.4 is 21.7 Å². The number of anilines is 3. The van der Waals surface area contributed by atoms with Crippen LogP contribution in [0.5, 0.6) is 5.75 Å². The minimum Gasteiger partial charge on any atom is -0.506 e. The molecule has 1 amide bonds. The molecule has 0 spiro atoms. The molecule has 1 heterocycles. The molecule has 6 N–H and O–H groups in total. The maximum Gasteiger partial charge on any atom is 0.248 e. The molecule has 21 heavy (non-hydrogen) atoms. The van der Waals surface area contributed by atoms with Crippen LogP contribution in [-0.4, -0.2) is 41.9 Å². The lowest BCUT2D eigenvalue weighted by Crippen LogP contribution is -2.11. The number of amides is 1. The molecule has 0 saturated heterocycles. The Morgan fingerprint density at radius 3 is 2.43 bits per heavy atom. The van der Waals surface area contributed by atoms with Crippen LogP contribution in [0.15, 0.2) is 18.2 Å². The van der Waals surface area contributed by atoms with Crippen molar-refractivity contribution in [3.8, 4) is 11.4 Å². The number of hydrogen-bond donors (Lipinski definition) is 5. The second-order valence-corrected chi connectivity index (χ2v) is 4.30. The third-order valence-corrected chi connectivity index (χ3v) is 3.10. The van der Waals surface area contributed by atoms with Gasteiger partial charge >= 0.3 is 0 Å². The van der Waals surface area contributed by atoms with Gasteiger partial charge in [-0.3, -0.25) is 4.79 Å². The van der Waals surface area contributed by atoms with E-state index in [1.807, 2.05) is 0 Å². The molecule has 2 aromatic rings. The Kier molecular flexibility index (Phi) is 3.88. The van der Waals surface area contributed by atoms with Gasteiger partial charge in [-0.05, 0) is 18.2 Å². The van der Waals surface area contributed by atoms with E-state index in [0.717, 1.165) is 5.69 Å². The lowest BCUT2D eigenvalue weighted by Gasteiger charge is -2.10. The van der Waals surface area contributed by atoms with Gasteiger partial charge < -0.3 is 26.8 Å². The number of phenols is 1. The van der Waals surface area contributed by atoms with Gasteiger partial charge in [0.2, 0.25) is 5.91 Å². The maximum absolute atomic E-state index is 11.1. The van der Waals surface area contributed by atoms with Crippen molar-refractivity contribution < 1.29 is 9.90 Å². The Hall–Kier alpha value is -2.90. The van der Waals surface area contributed by atoms with Gasteiger partial charge in [-0.15, -0.1) is 5.10 Å². The summed E-state index contributed by atoms with van der Waals surface area (Å²) in [6.45, 7) is 0. The van der Waals surface area contributed by atoms with E-state index in [4.69, 9.17) is 5.73 Å². The lowest BCUT2D eigenvalue weighted by atomic mass is 10.2. The van der Waals surface area contributed by atoms with Crippen molar-refractivity contribution in [2.24, 2.45) is 5.73 Å². The fraction of sp³-hybridized carbons (Fsp3) is 0.231. The zero-order valence-corrected chi connectivity index (χ0v) is 12.1. The molecule has 0 radical (unpaired) electrons. The normalized spacial score (nSPS) is 10.2. The van der Waals surface area contributed by atoms with Crippen LogP contribution >= 0.6 is 0 Å². The average molecular weight is 290 g/mol. The van der Waals surface area contributed by atoms with Gasteiger partial charge in [-0.2, -0.15) is 0 Å². The number of carbonyl (C=O) groups excluding carboxylic acids is 1. The van der Waals surface area contributed by atoms with Crippen LogP contribution in [0.25, 0.3) is 5.69 Å². The molecular weight excluding hydrogens is 272 g/mol. The van der Waals surface area contributed by atoms with Crippen molar-refractivity contribution in [1.82, 2.24) is 9.78 Å². The molecule has 0 aliphatic heterocycles. The quantitative estimate of drug-likeness (QED) is 0.556. The molecule has 0 aliphatic rings. The van der Waals surface area contributed by atoms with Gasteiger partial charge in [0.1, 0.15) is 17.1 Å². The Labute approximate surface area is 122 Å². The van der Waals surface area contributed by atoms with E-state index in [1.54, 1.807) is 27.2 Å². The molecule has 1 aromatic carbocycles. The molecule has 0 bridgehead atoms. The van der Waals surface area contributed by atoms with E-state index in [1.165, 1.54) is 16.8 Å². The first-order chi connectivity index (χ1) is 10.0. The van der Waals surface area contributed by atoms with Crippen molar-refractivity contribution in [1.29, 1.82) is 0 Å². The van der Waals surface area contributed by atoms with Crippen LogP contribution in [0.3, 0.4) is 0 Å². The van der Waals surface area contributed by atoms with E-state index in [0.29, 0.717) is 17.3 Å². The number of nitrogens with two attached hydrogens (primary N) is 1. The van der Waals surface area contributed by atoms with Crippen molar-refractivity contribution >= 4 is 23.2 Å². The molecule has 8 heteroatoms. The van der Waals surface area contributed by atoms with Gasteiger partial charge in [-0.1, -0.05) is 0 Å². The number of nitrogens with one attached hydrogen (secondary N) is 3. The number of benzene rings is 1. The third-order valence-electron chi connectivity index (χ3n) is 3.10. The first-order valence-electron chi connectivity index (χ1n) is 6.33. The van der Waals surface area contributed by atoms with Crippen LogP contribution in [0.1, 0.15) is 10.4 Å². The smallest absolute Gasteiger partial charge is 0.248 e. The first kappa shape index (κ1) is 14.5. The van der Waals surface area contributed by atoms with Crippen LogP contribution in [-0.2, 0) is 0 Å². The molecular formula is C13H18N6O2. The summed E-state index contributed by atoms with van der Waals surface area (Å²) >= 11 is 0. The van der Waals surface area contributed by atoms with Gasteiger partial charge in [-0.25, -0.2) is 4.68 Å². The molecule has 2 rings (SSSR count). The van der Waals surface area contributed by atoms with E-state index >= 15 is 0 Å². The van der Waals surface area contributed by atoms with Crippen molar-refractivity contribution in [2.75, 3.05) is 37.1 Å². The summed E-state index contributed by atoms with van der Waals surface area (Å²) in [5, 5.41) is 23.5. The average Bonchev–Trinajstić information content (AvgIpc) is 2.84. The van der Waals surface area contributed by atoms with Crippen LogP contribution in [0.2, 0.25) is 0 Å². The van der Waals surface area contributed by atoms with E-state index in [9.17, 15) is 9.90 Å². The second-order valence-electron chi connectivity index (χ2n) is 4.30. The highest BCUT2D eigenvalue weighted by atomic mass is 16.3. The maximum atomic E-state index is 11.1. The third kappa shape index (κ3) is 2.42. The minimum atomic E-state index is -0.599.